The van der Waals surface area contributed by atoms with Crippen LogP contribution in [0.1, 0.15) is 38.7 Å². The molecule has 0 aliphatic carbocycles. The highest BCUT2D eigenvalue weighted by atomic mass is 16.5. The van der Waals surface area contributed by atoms with Gasteiger partial charge in [-0.05, 0) is 38.7 Å². The zero-order valence-electron chi connectivity index (χ0n) is 12.7. The van der Waals surface area contributed by atoms with Crippen LogP contribution in [0.25, 0.3) is 0 Å². The molecule has 1 aliphatic heterocycles. The number of likely N-dealkylation sites (tertiary alicyclic amines) is 1. The molecule has 20 heavy (non-hydrogen) atoms. The zero-order chi connectivity index (χ0) is 14.4. The standard InChI is InChI=1S/C17H27NO2/c1-14-7-6-8-15(2)18(14)11-17(19)13-20-12-16-9-4-3-5-10-16/h3-5,9-10,14-15,17,19H,6-8,11-13H2,1-2H3/p+1/t14-,15+,17-/m0/s1. The molecule has 3 nitrogen and oxygen atoms in total. The highest BCUT2D eigenvalue weighted by Crippen LogP contribution is 2.07. The quantitative estimate of drug-likeness (QED) is 0.825. The lowest BCUT2D eigenvalue weighted by molar-refractivity contribution is -0.954. The number of quaternary nitrogens is 1. The summed E-state index contributed by atoms with van der Waals surface area (Å²) in [5.41, 5.74) is 1.16. The maximum Gasteiger partial charge on any atom is 0.126 e. The lowest BCUT2D eigenvalue weighted by atomic mass is 9.97. The molecular weight excluding hydrogens is 250 g/mol. The van der Waals surface area contributed by atoms with Gasteiger partial charge in [-0.2, -0.15) is 0 Å². The molecule has 1 aromatic rings. The molecule has 4 atom stereocenters. The Morgan fingerprint density at radius 3 is 2.50 bits per heavy atom. The van der Waals surface area contributed by atoms with Crippen LogP contribution >= 0.6 is 0 Å². The minimum absolute atomic E-state index is 0.364. The Balaban J connectivity index is 1.70. The van der Waals surface area contributed by atoms with Crippen LogP contribution in [0.4, 0.5) is 0 Å². The van der Waals surface area contributed by atoms with Crippen LogP contribution in [0.5, 0.6) is 0 Å². The van der Waals surface area contributed by atoms with Gasteiger partial charge in [-0.15, -0.1) is 0 Å². The van der Waals surface area contributed by atoms with E-state index in [1.54, 1.807) is 0 Å². The third-order valence-electron chi connectivity index (χ3n) is 4.43. The summed E-state index contributed by atoms with van der Waals surface area (Å²) in [5, 5.41) is 10.2. The van der Waals surface area contributed by atoms with Gasteiger partial charge < -0.3 is 14.7 Å². The Labute approximate surface area is 122 Å². The van der Waals surface area contributed by atoms with Gasteiger partial charge >= 0.3 is 0 Å². The van der Waals surface area contributed by atoms with Crippen molar-refractivity contribution in [3.05, 3.63) is 35.9 Å². The number of rotatable bonds is 6. The van der Waals surface area contributed by atoms with Crippen molar-refractivity contribution in [3.8, 4) is 0 Å². The molecule has 0 spiro atoms. The van der Waals surface area contributed by atoms with Crippen LogP contribution in [-0.4, -0.2) is 36.4 Å². The normalized spacial score (nSPS) is 28.2. The van der Waals surface area contributed by atoms with E-state index >= 15 is 0 Å². The first-order valence-electron chi connectivity index (χ1n) is 7.82. The number of ether oxygens (including phenoxy) is 1. The molecule has 2 rings (SSSR count). The van der Waals surface area contributed by atoms with Crippen molar-refractivity contribution in [3.63, 3.8) is 0 Å². The number of benzene rings is 1. The maximum absolute atomic E-state index is 10.2. The Bertz CT molecular complexity index is 372. The van der Waals surface area contributed by atoms with Crippen molar-refractivity contribution < 1.29 is 14.7 Å². The zero-order valence-corrected chi connectivity index (χ0v) is 12.7. The highest BCUT2D eigenvalue weighted by molar-refractivity contribution is 5.13. The van der Waals surface area contributed by atoms with Crippen molar-refractivity contribution in [2.24, 2.45) is 0 Å². The largest absolute Gasteiger partial charge is 0.385 e. The van der Waals surface area contributed by atoms with E-state index in [9.17, 15) is 5.11 Å². The van der Waals surface area contributed by atoms with E-state index in [0.717, 1.165) is 12.1 Å². The van der Waals surface area contributed by atoms with E-state index in [4.69, 9.17) is 4.74 Å². The van der Waals surface area contributed by atoms with Crippen molar-refractivity contribution in [2.45, 2.75) is 57.9 Å². The fourth-order valence-electron chi connectivity index (χ4n) is 3.21. The molecule has 112 valence electrons. The second kappa shape index (κ2) is 7.77. The minimum Gasteiger partial charge on any atom is -0.385 e. The molecule has 0 radical (unpaired) electrons. The third-order valence-corrected chi connectivity index (χ3v) is 4.43. The summed E-state index contributed by atoms with van der Waals surface area (Å²) in [6, 6.07) is 11.4. The van der Waals surface area contributed by atoms with Gasteiger partial charge in [-0.25, -0.2) is 0 Å². The molecule has 1 heterocycles. The molecule has 3 heteroatoms. The molecule has 2 N–H and O–H groups in total. The summed E-state index contributed by atoms with van der Waals surface area (Å²) < 4.78 is 5.63. The predicted octanol–water partition coefficient (Wildman–Crippen LogP) is 1.41. The fourth-order valence-corrected chi connectivity index (χ4v) is 3.21. The maximum atomic E-state index is 10.2. The number of aliphatic hydroxyl groups is 1. The Morgan fingerprint density at radius 2 is 1.85 bits per heavy atom. The number of nitrogens with one attached hydrogen (secondary N) is 1. The fraction of sp³-hybridized carbons (Fsp3) is 0.647. The summed E-state index contributed by atoms with van der Waals surface area (Å²) in [7, 11) is 0. The number of piperidine rings is 1. The second-order valence-corrected chi connectivity index (χ2v) is 6.17. The van der Waals surface area contributed by atoms with Gasteiger partial charge in [0.05, 0.1) is 25.3 Å². The average Bonchev–Trinajstić information content (AvgIpc) is 2.44. The SMILES string of the molecule is C[C@@H]1CCC[C@H](C)[NH+]1C[C@H](O)COCc1ccccc1. The van der Waals surface area contributed by atoms with Gasteiger partial charge in [0.2, 0.25) is 0 Å². The summed E-state index contributed by atoms with van der Waals surface area (Å²) in [6.45, 7) is 6.40. The van der Waals surface area contributed by atoms with Crippen molar-refractivity contribution in [2.75, 3.05) is 13.2 Å². The smallest absolute Gasteiger partial charge is 0.126 e. The molecular formula is C17H28NO2+. The second-order valence-electron chi connectivity index (χ2n) is 6.17. The first-order valence-corrected chi connectivity index (χ1v) is 7.82. The van der Waals surface area contributed by atoms with Crippen molar-refractivity contribution >= 4 is 0 Å². The van der Waals surface area contributed by atoms with Crippen molar-refractivity contribution in [1.82, 2.24) is 0 Å². The van der Waals surface area contributed by atoms with Crippen LogP contribution in [-0.2, 0) is 11.3 Å². The molecule has 0 amide bonds. The van der Waals surface area contributed by atoms with Gasteiger partial charge in [0, 0.05) is 0 Å². The molecule has 1 aliphatic rings. The molecule has 1 fully saturated rings. The minimum atomic E-state index is -0.364. The van der Waals surface area contributed by atoms with Gasteiger partial charge in [0.25, 0.3) is 0 Å². The van der Waals surface area contributed by atoms with Gasteiger partial charge in [-0.1, -0.05) is 30.3 Å². The number of hydrogen-bond acceptors (Lipinski definition) is 2. The first-order chi connectivity index (χ1) is 9.66. The first kappa shape index (κ1) is 15.5. The van der Waals surface area contributed by atoms with Crippen molar-refractivity contribution in [1.29, 1.82) is 0 Å². The summed E-state index contributed by atoms with van der Waals surface area (Å²) in [6.07, 6.45) is 3.51. The van der Waals surface area contributed by atoms with Gasteiger partial charge in [0.15, 0.2) is 0 Å². The molecule has 1 saturated heterocycles. The highest BCUT2D eigenvalue weighted by Gasteiger charge is 2.30. The number of hydrogen-bond donors (Lipinski definition) is 2. The summed E-state index contributed by atoms with van der Waals surface area (Å²) in [5.74, 6) is 0. The predicted molar refractivity (Wildman–Crippen MR) is 80.7 cm³/mol. The van der Waals surface area contributed by atoms with E-state index in [2.05, 4.69) is 13.8 Å². The average molecular weight is 278 g/mol. The van der Waals surface area contributed by atoms with Crippen LogP contribution < -0.4 is 4.90 Å². The van der Waals surface area contributed by atoms with E-state index < -0.39 is 0 Å². The Kier molecular flexibility index (Phi) is 6.02. The topological polar surface area (TPSA) is 33.9 Å². The number of aliphatic hydroxyl groups excluding tert-OH is 1. The van der Waals surface area contributed by atoms with E-state index in [1.165, 1.54) is 24.2 Å². The lowest BCUT2D eigenvalue weighted by Crippen LogP contribution is -3.20. The van der Waals surface area contributed by atoms with Crippen LogP contribution in [0.2, 0.25) is 0 Å². The van der Waals surface area contributed by atoms with Crippen LogP contribution in [0.3, 0.4) is 0 Å². The molecule has 1 unspecified atom stereocenters. The lowest BCUT2D eigenvalue weighted by Gasteiger charge is -2.36. The molecule has 0 bridgehead atoms. The summed E-state index contributed by atoms with van der Waals surface area (Å²) >= 11 is 0. The van der Waals surface area contributed by atoms with Gasteiger partial charge in [0.1, 0.15) is 12.6 Å². The monoisotopic (exact) mass is 278 g/mol. The molecule has 1 aromatic carbocycles. The van der Waals surface area contributed by atoms with E-state index in [1.807, 2.05) is 30.3 Å². The molecule has 0 aromatic heterocycles. The Hall–Kier alpha value is -0.900. The van der Waals surface area contributed by atoms with Crippen LogP contribution in [0, 0.1) is 0 Å². The third kappa shape index (κ3) is 4.58. The Morgan fingerprint density at radius 1 is 1.20 bits per heavy atom. The molecule has 0 saturated carbocycles. The van der Waals surface area contributed by atoms with E-state index in [0.29, 0.717) is 25.3 Å². The van der Waals surface area contributed by atoms with Gasteiger partial charge in [-0.3, -0.25) is 0 Å². The van der Waals surface area contributed by atoms with Crippen LogP contribution in [0.15, 0.2) is 30.3 Å². The van der Waals surface area contributed by atoms with E-state index in [-0.39, 0.29) is 6.10 Å². The summed E-state index contributed by atoms with van der Waals surface area (Å²) in [4.78, 5) is 1.53.